The Morgan fingerprint density at radius 2 is 1.74 bits per heavy atom. The molecule has 0 amide bonds. The number of benzene rings is 3. The van der Waals surface area contributed by atoms with Gasteiger partial charge in [-0.3, -0.25) is 4.98 Å². The molecule has 0 aliphatic heterocycles. The second kappa shape index (κ2) is 9.10. The van der Waals surface area contributed by atoms with Crippen LogP contribution < -0.4 is 19.5 Å². The predicted molar refractivity (Wildman–Crippen MR) is 120 cm³/mol. The van der Waals surface area contributed by atoms with Gasteiger partial charge in [-0.25, -0.2) is 4.39 Å². The molecular formula is C24H20ClFN2O3. The number of methoxy groups -OCH3 is 2. The normalized spacial score (nSPS) is 10.7. The van der Waals surface area contributed by atoms with Crippen LogP contribution in [0.1, 0.15) is 5.56 Å². The number of hydrogen-bond acceptors (Lipinski definition) is 5. The van der Waals surface area contributed by atoms with E-state index in [-0.39, 0.29) is 12.4 Å². The Morgan fingerprint density at radius 3 is 2.48 bits per heavy atom. The SMILES string of the molecule is COc1cc2nccc(Nc3ccc(OCc4cccc(F)c4)c(Cl)c3)c2cc1OC. The van der Waals surface area contributed by atoms with Gasteiger partial charge in [-0.2, -0.15) is 0 Å². The quantitative estimate of drug-likeness (QED) is 0.363. The largest absolute Gasteiger partial charge is 0.493 e. The predicted octanol–water partition coefficient (Wildman–Crippen LogP) is 6.37. The molecule has 0 spiro atoms. The first-order valence-electron chi connectivity index (χ1n) is 9.52. The van der Waals surface area contributed by atoms with E-state index in [2.05, 4.69) is 10.3 Å². The number of hydrogen-bond donors (Lipinski definition) is 1. The van der Waals surface area contributed by atoms with E-state index in [0.29, 0.717) is 22.3 Å². The lowest BCUT2D eigenvalue weighted by Gasteiger charge is -2.14. The molecule has 1 N–H and O–H groups in total. The smallest absolute Gasteiger partial charge is 0.162 e. The van der Waals surface area contributed by atoms with Gasteiger partial charge in [0, 0.05) is 29.0 Å². The first kappa shape index (κ1) is 20.8. The van der Waals surface area contributed by atoms with E-state index in [1.165, 1.54) is 12.1 Å². The van der Waals surface area contributed by atoms with Crippen molar-refractivity contribution < 1.29 is 18.6 Å². The Labute approximate surface area is 184 Å². The minimum absolute atomic E-state index is 0.223. The van der Waals surface area contributed by atoms with Gasteiger partial charge in [0.1, 0.15) is 18.2 Å². The summed E-state index contributed by atoms with van der Waals surface area (Å²) in [5, 5.41) is 4.68. The molecule has 4 rings (SSSR count). The number of nitrogens with zero attached hydrogens (tertiary/aromatic N) is 1. The highest BCUT2D eigenvalue weighted by Crippen LogP contribution is 2.36. The maximum absolute atomic E-state index is 13.3. The molecule has 0 saturated heterocycles. The third kappa shape index (κ3) is 4.64. The second-order valence-corrected chi connectivity index (χ2v) is 7.18. The van der Waals surface area contributed by atoms with Crippen LogP contribution in [-0.4, -0.2) is 19.2 Å². The van der Waals surface area contributed by atoms with E-state index in [0.717, 1.165) is 27.8 Å². The number of fused-ring (bicyclic) bond motifs is 1. The van der Waals surface area contributed by atoms with Crippen LogP contribution in [0.5, 0.6) is 17.2 Å². The van der Waals surface area contributed by atoms with Crippen LogP contribution >= 0.6 is 11.6 Å². The Bertz CT molecular complexity index is 1230. The number of ether oxygens (including phenoxy) is 3. The Kier molecular flexibility index (Phi) is 6.09. The van der Waals surface area contributed by atoms with Gasteiger partial charge in [0.25, 0.3) is 0 Å². The average molecular weight is 439 g/mol. The van der Waals surface area contributed by atoms with Crippen molar-refractivity contribution in [2.24, 2.45) is 0 Å². The highest BCUT2D eigenvalue weighted by atomic mass is 35.5. The van der Waals surface area contributed by atoms with E-state index in [9.17, 15) is 4.39 Å². The Morgan fingerprint density at radius 1 is 0.935 bits per heavy atom. The van der Waals surface area contributed by atoms with Crippen molar-refractivity contribution in [3.63, 3.8) is 0 Å². The summed E-state index contributed by atoms with van der Waals surface area (Å²) in [6.45, 7) is 0.223. The molecule has 1 aromatic heterocycles. The molecule has 0 atom stereocenters. The van der Waals surface area contributed by atoms with Gasteiger partial charge >= 0.3 is 0 Å². The standard InChI is InChI=1S/C24H20ClFN2O3/c1-29-23-12-18-20(8-9-27-21(18)13-24(23)30-2)28-17-6-7-22(19(25)11-17)31-14-15-4-3-5-16(26)10-15/h3-13H,14H2,1-2H3,(H,27,28). The minimum atomic E-state index is -0.300. The molecule has 7 heteroatoms. The lowest BCUT2D eigenvalue weighted by molar-refractivity contribution is 0.306. The van der Waals surface area contributed by atoms with E-state index < -0.39 is 0 Å². The molecule has 0 saturated carbocycles. The van der Waals surface area contributed by atoms with Crippen molar-refractivity contribution in [2.45, 2.75) is 6.61 Å². The molecule has 4 aromatic rings. The van der Waals surface area contributed by atoms with Crippen molar-refractivity contribution in [2.75, 3.05) is 19.5 Å². The molecule has 0 aliphatic rings. The fraction of sp³-hybridized carbons (Fsp3) is 0.125. The van der Waals surface area contributed by atoms with Crippen molar-refractivity contribution in [3.8, 4) is 17.2 Å². The highest BCUT2D eigenvalue weighted by Gasteiger charge is 2.11. The van der Waals surface area contributed by atoms with Gasteiger partial charge in [-0.1, -0.05) is 23.7 Å². The number of nitrogens with one attached hydrogen (secondary N) is 1. The van der Waals surface area contributed by atoms with E-state index in [1.54, 1.807) is 44.7 Å². The molecular weight excluding hydrogens is 419 g/mol. The van der Waals surface area contributed by atoms with E-state index in [4.69, 9.17) is 25.8 Å². The molecule has 5 nitrogen and oxygen atoms in total. The van der Waals surface area contributed by atoms with Crippen molar-refractivity contribution >= 4 is 33.9 Å². The number of halogens is 2. The third-order valence-electron chi connectivity index (χ3n) is 4.74. The number of rotatable bonds is 7. The van der Waals surface area contributed by atoms with E-state index in [1.807, 2.05) is 24.3 Å². The molecule has 0 fully saturated rings. The zero-order chi connectivity index (χ0) is 21.8. The first-order valence-corrected chi connectivity index (χ1v) is 9.89. The summed E-state index contributed by atoms with van der Waals surface area (Å²) in [7, 11) is 3.18. The summed E-state index contributed by atoms with van der Waals surface area (Å²) in [6, 6.07) is 17.3. The van der Waals surface area contributed by atoms with Crippen molar-refractivity contribution in [1.82, 2.24) is 4.98 Å². The van der Waals surface area contributed by atoms with Gasteiger partial charge in [0.15, 0.2) is 11.5 Å². The van der Waals surface area contributed by atoms with Crippen LogP contribution in [0.2, 0.25) is 5.02 Å². The zero-order valence-electron chi connectivity index (χ0n) is 17.0. The van der Waals surface area contributed by atoms with Crippen LogP contribution in [0.4, 0.5) is 15.8 Å². The number of anilines is 2. The maximum Gasteiger partial charge on any atom is 0.162 e. The lowest BCUT2D eigenvalue weighted by Crippen LogP contribution is -1.98. The van der Waals surface area contributed by atoms with Gasteiger partial charge in [0.2, 0.25) is 0 Å². The van der Waals surface area contributed by atoms with Crippen molar-refractivity contribution in [1.29, 1.82) is 0 Å². The van der Waals surface area contributed by atoms with E-state index >= 15 is 0 Å². The van der Waals surface area contributed by atoms with Gasteiger partial charge in [0.05, 0.1) is 24.8 Å². The van der Waals surface area contributed by atoms with Gasteiger partial charge < -0.3 is 19.5 Å². The Hall–Kier alpha value is -3.51. The molecule has 0 bridgehead atoms. The number of aromatic nitrogens is 1. The summed E-state index contributed by atoms with van der Waals surface area (Å²) in [4.78, 5) is 4.41. The summed E-state index contributed by atoms with van der Waals surface area (Å²) in [5.41, 5.74) is 3.12. The zero-order valence-corrected chi connectivity index (χ0v) is 17.7. The molecule has 158 valence electrons. The molecule has 0 aliphatic carbocycles. The average Bonchev–Trinajstić information content (AvgIpc) is 2.78. The topological polar surface area (TPSA) is 52.6 Å². The molecule has 0 unspecified atom stereocenters. The van der Waals surface area contributed by atoms with Gasteiger partial charge in [-0.15, -0.1) is 0 Å². The van der Waals surface area contributed by atoms with Crippen LogP contribution in [0.25, 0.3) is 10.9 Å². The first-order chi connectivity index (χ1) is 15.1. The van der Waals surface area contributed by atoms with Crippen LogP contribution in [-0.2, 0) is 6.61 Å². The summed E-state index contributed by atoms with van der Waals surface area (Å²) in [6.07, 6.45) is 1.72. The summed E-state index contributed by atoms with van der Waals surface area (Å²) < 4.78 is 29.8. The number of pyridine rings is 1. The fourth-order valence-electron chi connectivity index (χ4n) is 3.22. The fourth-order valence-corrected chi connectivity index (χ4v) is 3.46. The molecule has 1 heterocycles. The molecule has 3 aromatic carbocycles. The van der Waals surface area contributed by atoms with Crippen LogP contribution in [0.3, 0.4) is 0 Å². The Balaban J connectivity index is 1.56. The summed E-state index contributed by atoms with van der Waals surface area (Å²) >= 11 is 6.41. The summed E-state index contributed by atoms with van der Waals surface area (Å²) in [5.74, 6) is 1.45. The second-order valence-electron chi connectivity index (χ2n) is 6.77. The maximum atomic E-state index is 13.3. The monoisotopic (exact) mass is 438 g/mol. The van der Waals surface area contributed by atoms with Crippen molar-refractivity contribution in [3.05, 3.63) is 83.3 Å². The minimum Gasteiger partial charge on any atom is -0.493 e. The molecule has 31 heavy (non-hydrogen) atoms. The van der Waals surface area contributed by atoms with Crippen LogP contribution in [0, 0.1) is 5.82 Å². The van der Waals surface area contributed by atoms with Crippen LogP contribution in [0.15, 0.2) is 66.9 Å². The van der Waals surface area contributed by atoms with Gasteiger partial charge in [-0.05, 0) is 48.0 Å². The lowest BCUT2D eigenvalue weighted by atomic mass is 10.1. The molecule has 0 radical (unpaired) electrons. The third-order valence-corrected chi connectivity index (χ3v) is 5.04. The highest BCUT2D eigenvalue weighted by molar-refractivity contribution is 6.32.